The summed E-state index contributed by atoms with van der Waals surface area (Å²) in [5.74, 6) is -1.14. The lowest BCUT2D eigenvalue weighted by Crippen LogP contribution is -2.01. The summed E-state index contributed by atoms with van der Waals surface area (Å²) in [6, 6.07) is 6.68. The van der Waals surface area contributed by atoms with Crippen molar-refractivity contribution in [2.75, 3.05) is 7.11 Å². The molecule has 0 saturated heterocycles. The first-order valence-corrected chi connectivity index (χ1v) is 5.61. The van der Waals surface area contributed by atoms with Crippen molar-refractivity contribution in [3.05, 3.63) is 53.5 Å². The van der Waals surface area contributed by atoms with Gasteiger partial charge in [-0.25, -0.2) is 14.2 Å². The highest BCUT2D eigenvalue weighted by atomic mass is 19.1. The highest BCUT2D eigenvalue weighted by Gasteiger charge is 2.09. The van der Waals surface area contributed by atoms with Crippen LogP contribution < -0.4 is 4.74 Å². The molecule has 2 rings (SSSR count). The number of esters is 1. The van der Waals surface area contributed by atoms with Gasteiger partial charge in [-0.15, -0.1) is 0 Å². The predicted molar refractivity (Wildman–Crippen MR) is 67.4 cm³/mol. The van der Waals surface area contributed by atoms with Gasteiger partial charge in [0.1, 0.15) is 6.29 Å². The van der Waals surface area contributed by atoms with Crippen LogP contribution in [-0.4, -0.2) is 24.3 Å². The number of benzene rings is 1. The maximum Gasteiger partial charge on any atom is 0.339 e. The van der Waals surface area contributed by atoms with Crippen LogP contribution in [0.1, 0.15) is 20.7 Å². The summed E-state index contributed by atoms with van der Waals surface area (Å²) in [7, 11) is 1.26. The summed E-state index contributed by atoms with van der Waals surface area (Å²) < 4.78 is 23.3. The molecule has 5 nitrogen and oxygen atoms in total. The van der Waals surface area contributed by atoms with E-state index in [4.69, 9.17) is 4.74 Å². The number of hydrogen-bond donors (Lipinski definition) is 0. The van der Waals surface area contributed by atoms with Gasteiger partial charge in [-0.3, -0.25) is 4.79 Å². The Kier molecular flexibility index (Phi) is 4.05. The second-order valence-corrected chi connectivity index (χ2v) is 3.79. The van der Waals surface area contributed by atoms with Gasteiger partial charge in [0, 0.05) is 17.8 Å². The van der Waals surface area contributed by atoms with E-state index in [0.717, 1.165) is 6.07 Å². The molecule has 20 heavy (non-hydrogen) atoms. The van der Waals surface area contributed by atoms with Crippen molar-refractivity contribution in [1.82, 2.24) is 4.98 Å². The zero-order valence-electron chi connectivity index (χ0n) is 10.5. The molecule has 0 aliphatic heterocycles. The number of nitrogens with zero attached hydrogens (tertiary/aromatic N) is 1. The fourth-order valence-electron chi connectivity index (χ4n) is 1.47. The number of rotatable bonds is 4. The normalized spacial score (nSPS) is 9.90. The number of aldehydes is 1. The number of ether oxygens (including phenoxy) is 2. The van der Waals surface area contributed by atoms with Gasteiger partial charge in [0.05, 0.1) is 12.7 Å². The van der Waals surface area contributed by atoms with Crippen molar-refractivity contribution in [1.29, 1.82) is 0 Å². The molecule has 1 aromatic carbocycles. The fraction of sp³-hybridized carbons (Fsp3) is 0.0714. The van der Waals surface area contributed by atoms with E-state index in [1.807, 2.05) is 0 Å². The van der Waals surface area contributed by atoms with E-state index in [-0.39, 0.29) is 22.8 Å². The van der Waals surface area contributed by atoms with Crippen molar-refractivity contribution in [2.24, 2.45) is 0 Å². The zero-order chi connectivity index (χ0) is 14.5. The van der Waals surface area contributed by atoms with Gasteiger partial charge >= 0.3 is 5.97 Å². The first-order valence-electron chi connectivity index (χ1n) is 5.61. The van der Waals surface area contributed by atoms with Crippen LogP contribution in [-0.2, 0) is 4.74 Å². The van der Waals surface area contributed by atoms with Crippen LogP contribution in [0.25, 0.3) is 0 Å². The molecule has 0 N–H and O–H groups in total. The Balaban J connectivity index is 2.18. The number of halogens is 1. The average Bonchev–Trinajstić information content (AvgIpc) is 2.49. The molecule has 6 heteroatoms. The summed E-state index contributed by atoms with van der Waals surface area (Å²) in [5, 5.41) is 0. The molecule has 1 heterocycles. The SMILES string of the molecule is COC(=O)c1ccc(Oc2ccc(C=O)cc2F)nc1. The lowest BCUT2D eigenvalue weighted by molar-refractivity contribution is 0.0600. The van der Waals surface area contributed by atoms with Crippen LogP contribution >= 0.6 is 0 Å². The lowest BCUT2D eigenvalue weighted by atomic mass is 10.2. The van der Waals surface area contributed by atoms with Gasteiger partial charge < -0.3 is 9.47 Å². The Bertz CT molecular complexity index is 640. The smallest absolute Gasteiger partial charge is 0.339 e. The van der Waals surface area contributed by atoms with Gasteiger partial charge in [-0.1, -0.05) is 0 Å². The highest BCUT2D eigenvalue weighted by Crippen LogP contribution is 2.23. The van der Waals surface area contributed by atoms with E-state index in [2.05, 4.69) is 9.72 Å². The Morgan fingerprint density at radius 1 is 1.30 bits per heavy atom. The second-order valence-electron chi connectivity index (χ2n) is 3.79. The molecular weight excluding hydrogens is 265 g/mol. The molecule has 0 bridgehead atoms. The van der Waals surface area contributed by atoms with E-state index >= 15 is 0 Å². The molecule has 102 valence electrons. The van der Waals surface area contributed by atoms with E-state index in [0.29, 0.717) is 6.29 Å². The van der Waals surface area contributed by atoms with E-state index < -0.39 is 11.8 Å². The minimum atomic E-state index is -0.673. The van der Waals surface area contributed by atoms with Crippen LogP contribution in [0.5, 0.6) is 11.6 Å². The average molecular weight is 275 g/mol. The van der Waals surface area contributed by atoms with E-state index in [1.54, 1.807) is 0 Å². The van der Waals surface area contributed by atoms with Gasteiger partial charge in [0.15, 0.2) is 11.6 Å². The molecule has 0 radical (unpaired) electrons. The first-order chi connectivity index (χ1) is 9.63. The molecule has 0 aliphatic carbocycles. The van der Waals surface area contributed by atoms with Gasteiger partial charge in [-0.2, -0.15) is 0 Å². The van der Waals surface area contributed by atoms with Crippen LogP contribution in [0.3, 0.4) is 0 Å². The lowest BCUT2D eigenvalue weighted by Gasteiger charge is -2.06. The van der Waals surface area contributed by atoms with Crippen molar-refractivity contribution in [2.45, 2.75) is 0 Å². The predicted octanol–water partition coefficient (Wildman–Crippen LogP) is 2.61. The van der Waals surface area contributed by atoms with Crippen LogP contribution in [0.15, 0.2) is 36.5 Å². The molecule has 0 atom stereocenters. The third-order valence-corrected chi connectivity index (χ3v) is 2.46. The molecule has 1 aromatic heterocycles. The molecule has 0 fully saturated rings. The maximum absolute atomic E-state index is 13.6. The summed E-state index contributed by atoms with van der Waals surface area (Å²) in [6.45, 7) is 0. The summed E-state index contributed by atoms with van der Waals surface area (Å²) in [4.78, 5) is 25.6. The molecule has 2 aromatic rings. The second kappa shape index (κ2) is 5.92. The summed E-state index contributed by atoms with van der Waals surface area (Å²) in [6.07, 6.45) is 1.80. The molecule has 0 unspecified atom stereocenters. The van der Waals surface area contributed by atoms with Crippen LogP contribution in [0, 0.1) is 5.82 Å². The molecule has 0 spiro atoms. The maximum atomic E-state index is 13.6. The Morgan fingerprint density at radius 3 is 2.65 bits per heavy atom. The quantitative estimate of drug-likeness (QED) is 0.634. The zero-order valence-corrected chi connectivity index (χ0v) is 10.5. The molecule has 0 saturated carbocycles. The number of carbonyl (C=O) groups excluding carboxylic acids is 2. The van der Waals surface area contributed by atoms with Gasteiger partial charge in [-0.05, 0) is 24.3 Å². The largest absolute Gasteiger partial charge is 0.465 e. The third kappa shape index (κ3) is 2.97. The van der Waals surface area contributed by atoms with Crippen molar-refractivity contribution in [3.63, 3.8) is 0 Å². The van der Waals surface area contributed by atoms with Crippen molar-refractivity contribution < 1.29 is 23.5 Å². The Morgan fingerprint density at radius 2 is 2.10 bits per heavy atom. The molecular formula is C14H10FNO4. The first kappa shape index (κ1) is 13.7. The van der Waals surface area contributed by atoms with Gasteiger partial charge in [0.25, 0.3) is 0 Å². The fourth-order valence-corrected chi connectivity index (χ4v) is 1.47. The number of hydrogen-bond acceptors (Lipinski definition) is 5. The number of pyridine rings is 1. The van der Waals surface area contributed by atoms with E-state index in [1.165, 1.54) is 37.6 Å². The molecule has 0 amide bonds. The third-order valence-electron chi connectivity index (χ3n) is 2.46. The standard InChI is InChI=1S/C14H10FNO4/c1-19-14(18)10-3-5-13(16-7-10)20-12-4-2-9(8-17)6-11(12)15/h2-8H,1H3. The highest BCUT2D eigenvalue weighted by molar-refractivity contribution is 5.88. The summed E-state index contributed by atoms with van der Waals surface area (Å²) in [5.41, 5.74) is 0.473. The van der Waals surface area contributed by atoms with Crippen molar-refractivity contribution >= 4 is 12.3 Å². The minimum Gasteiger partial charge on any atom is -0.465 e. The van der Waals surface area contributed by atoms with Gasteiger partial charge in [0.2, 0.25) is 5.88 Å². The number of aromatic nitrogens is 1. The van der Waals surface area contributed by atoms with Crippen LogP contribution in [0.2, 0.25) is 0 Å². The number of methoxy groups -OCH3 is 1. The topological polar surface area (TPSA) is 65.5 Å². The molecule has 0 aliphatic rings. The minimum absolute atomic E-state index is 0.0612. The van der Waals surface area contributed by atoms with E-state index in [9.17, 15) is 14.0 Å². The monoisotopic (exact) mass is 275 g/mol. The Hall–Kier alpha value is -2.76. The Labute approximate surface area is 114 Å². The number of carbonyl (C=O) groups is 2. The summed E-state index contributed by atoms with van der Waals surface area (Å²) >= 11 is 0. The van der Waals surface area contributed by atoms with Crippen molar-refractivity contribution in [3.8, 4) is 11.6 Å². The van der Waals surface area contributed by atoms with Crippen LogP contribution in [0.4, 0.5) is 4.39 Å².